The van der Waals surface area contributed by atoms with Crippen LogP contribution in [0.5, 0.6) is 0 Å². The molecule has 1 rings (SSSR count). The maximum Gasteiger partial charge on any atom is 0.339 e. The molecule has 1 aromatic heterocycles. The van der Waals surface area contributed by atoms with Gasteiger partial charge >= 0.3 is 5.97 Å². The third-order valence-corrected chi connectivity index (χ3v) is 2.13. The summed E-state index contributed by atoms with van der Waals surface area (Å²) in [4.78, 5) is 23.1. The summed E-state index contributed by atoms with van der Waals surface area (Å²) < 4.78 is 5.22. The van der Waals surface area contributed by atoms with E-state index in [1.165, 1.54) is 17.9 Å². The van der Waals surface area contributed by atoms with E-state index >= 15 is 0 Å². The van der Waals surface area contributed by atoms with Gasteiger partial charge in [0.2, 0.25) is 5.91 Å². The first-order valence-electron chi connectivity index (χ1n) is 4.46. The average molecular weight is 211 g/mol. The lowest BCUT2D eigenvalue weighted by molar-refractivity contribution is -0.128. The van der Waals surface area contributed by atoms with Crippen molar-refractivity contribution in [3.05, 3.63) is 23.2 Å². The van der Waals surface area contributed by atoms with E-state index in [4.69, 9.17) is 9.52 Å². The van der Waals surface area contributed by atoms with Crippen molar-refractivity contribution in [2.75, 3.05) is 7.05 Å². The van der Waals surface area contributed by atoms with E-state index in [1.807, 2.05) is 0 Å². The molecule has 0 bridgehead atoms. The zero-order valence-electron chi connectivity index (χ0n) is 8.90. The lowest BCUT2D eigenvalue weighted by Crippen LogP contribution is -2.22. The molecule has 82 valence electrons. The van der Waals surface area contributed by atoms with E-state index in [0.29, 0.717) is 11.5 Å². The minimum atomic E-state index is -1.02. The van der Waals surface area contributed by atoms with Crippen molar-refractivity contribution < 1.29 is 19.1 Å². The molecule has 0 aliphatic heterocycles. The lowest BCUT2D eigenvalue weighted by Gasteiger charge is -2.11. The summed E-state index contributed by atoms with van der Waals surface area (Å²) in [5.41, 5.74) is 0.141. The number of amides is 1. The van der Waals surface area contributed by atoms with Crippen LogP contribution in [0.2, 0.25) is 0 Å². The first kappa shape index (κ1) is 11.3. The van der Waals surface area contributed by atoms with Crippen molar-refractivity contribution in [3.8, 4) is 0 Å². The van der Waals surface area contributed by atoms with E-state index in [-0.39, 0.29) is 18.0 Å². The van der Waals surface area contributed by atoms with Crippen LogP contribution in [0, 0.1) is 6.92 Å². The van der Waals surface area contributed by atoms with Gasteiger partial charge in [0.05, 0.1) is 6.54 Å². The Morgan fingerprint density at radius 3 is 2.53 bits per heavy atom. The third-order valence-electron chi connectivity index (χ3n) is 2.13. The van der Waals surface area contributed by atoms with Crippen molar-refractivity contribution in [1.82, 2.24) is 4.90 Å². The molecule has 0 radical (unpaired) electrons. The van der Waals surface area contributed by atoms with E-state index in [2.05, 4.69) is 0 Å². The normalized spacial score (nSPS) is 10.1. The fraction of sp³-hybridized carbons (Fsp3) is 0.400. The van der Waals surface area contributed by atoms with Crippen LogP contribution in [0.1, 0.15) is 28.8 Å². The molecule has 0 spiro atoms. The molecule has 0 saturated carbocycles. The zero-order chi connectivity index (χ0) is 11.6. The molecule has 0 aromatic carbocycles. The summed E-state index contributed by atoms with van der Waals surface area (Å²) in [5, 5.41) is 8.78. The highest BCUT2D eigenvalue weighted by Gasteiger charge is 2.15. The van der Waals surface area contributed by atoms with Gasteiger partial charge in [-0.05, 0) is 13.0 Å². The number of aromatic carboxylic acids is 1. The Morgan fingerprint density at radius 1 is 1.53 bits per heavy atom. The summed E-state index contributed by atoms with van der Waals surface area (Å²) >= 11 is 0. The van der Waals surface area contributed by atoms with Crippen LogP contribution in [-0.2, 0) is 11.3 Å². The Labute approximate surface area is 87.3 Å². The van der Waals surface area contributed by atoms with E-state index in [1.54, 1.807) is 14.0 Å². The standard InChI is InChI=1S/C10H13NO4/c1-6-9(10(13)14)4-8(15-6)5-11(3)7(2)12/h4H,5H2,1-3H3,(H,13,14). The molecular weight excluding hydrogens is 198 g/mol. The average Bonchev–Trinajstić information content (AvgIpc) is 2.46. The smallest absolute Gasteiger partial charge is 0.339 e. The highest BCUT2D eigenvalue weighted by atomic mass is 16.4. The number of carboxylic acids is 1. The number of aryl methyl sites for hydroxylation is 1. The van der Waals surface area contributed by atoms with Crippen molar-refractivity contribution >= 4 is 11.9 Å². The SMILES string of the molecule is CC(=O)N(C)Cc1cc(C(=O)O)c(C)o1. The molecule has 5 heteroatoms. The van der Waals surface area contributed by atoms with Gasteiger partial charge in [-0.15, -0.1) is 0 Å². The molecule has 15 heavy (non-hydrogen) atoms. The Hall–Kier alpha value is -1.78. The van der Waals surface area contributed by atoms with Gasteiger partial charge in [-0.2, -0.15) is 0 Å². The molecule has 1 heterocycles. The fourth-order valence-electron chi connectivity index (χ4n) is 1.18. The number of carbonyl (C=O) groups is 2. The van der Waals surface area contributed by atoms with E-state index in [0.717, 1.165) is 0 Å². The van der Waals surface area contributed by atoms with Gasteiger partial charge in [-0.25, -0.2) is 4.79 Å². The number of hydrogen-bond acceptors (Lipinski definition) is 3. The maximum atomic E-state index is 10.9. The van der Waals surface area contributed by atoms with Crippen molar-refractivity contribution in [1.29, 1.82) is 0 Å². The second-order valence-electron chi connectivity index (χ2n) is 3.36. The molecule has 0 unspecified atom stereocenters. The van der Waals surface area contributed by atoms with Crippen LogP contribution in [0.15, 0.2) is 10.5 Å². The van der Waals surface area contributed by atoms with Crippen molar-refractivity contribution in [2.45, 2.75) is 20.4 Å². The molecule has 1 N–H and O–H groups in total. The number of carbonyl (C=O) groups excluding carboxylic acids is 1. The van der Waals surface area contributed by atoms with Gasteiger partial charge in [-0.1, -0.05) is 0 Å². The Morgan fingerprint density at radius 2 is 2.13 bits per heavy atom. The third kappa shape index (κ3) is 2.59. The molecule has 1 aromatic rings. The monoisotopic (exact) mass is 211 g/mol. The first-order valence-corrected chi connectivity index (χ1v) is 4.46. The molecule has 0 saturated heterocycles. The van der Waals surface area contributed by atoms with Gasteiger partial charge in [0.25, 0.3) is 0 Å². The number of furan rings is 1. The molecule has 1 amide bonds. The predicted molar refractivity (Wildman–Crippen MR) is 52.6 cm³/mol. The molecule has 0 aliphatic rings. The molecular formula is C10H13NO4. The summed E-state index contributed by atoms with van der Waals surface area (Å²) in [5.74, 6) is -0.286. The summed E-state index contributed by atoms with van der Waals surface area (Å²) in [7, 11) is 1.63. The van der Waals surface area contributed by atoms with Gasteiger partial charge in [0.1, 0.15) is 17.1 Å². The van der Waals surface area contributed by atoms with E-state index in [9.17, 15) is 9.59 Å². The summed E-state index contributed by atoms with van der Waals surface area (Å²) in [6, 6.07) is 1.44. The number of rotatable bonds is 3. The Bertz CT molecular complexity index is 394. The van der Waals surface area contributed by atoms with Gasteiger partial charge in [0, 0.05) is 14.0 Å². The molecule has 0 aliphatic carbocycles. The van der Waals surface area contributed by atoms with Crippen LogP contribution in [0.25, 0.3) is 0 Å². The molecule has 0 atom stereocenters. The largest absolute Gasteiger partial charge is 0.478 e. The zero-order valence-corrected chi connectivity index (χ0v) is 8.90. The Balaban J connectivity index is 2.84. The second-order valence-corrected chi connectivity index (χ2v) is 3.36. The van der Waals surface area contributed by atoms with Crippen LogP contribution < -0.4 is 0 Å². The van der Waals surface area contributed by atoms with Gasteiger partial charge in [0.15, 0.2) is 0 Å². The van der Waals surface area contributed by atoms with Gasteiger partial charge < -0.3 is 14.4 Å². The minimum Gasteiger partial charge on any atom is -0.478 e. The van der Waals surface area contributed by atoms with Crippen LogP contribution in [0.3, 0.4) is 0 Å². The van der Waals surface area contributed by atoms with Crippen LogP contribution in [0.4, 0.5) is 0 Å². The van der Waals surface area contributed by atoms with Crippen molar-refractivity contribution in [2.24, 2.45) is 0 Å². The van der Waals surface area contributed by atoms with Crippen molar-refractivity contribution in [3.63, 3.8) is 0 Å². The minimum absolute atomic E-state index is 0.0964. The highest BCUT2D eigenvalue weighted by Crippen LogP contribution is 2.15. The highest BCUT2D eigenvalue weighted by molar-refractivity contribution is 5.88. The molecule has 5 nitrogen and oxygen atoms in total. The number of hydrogen-bond donors (Lipinski definition) is 1. The Kier molecular flexibility index (Phi) is 3.14. The van der Waals surface area contributed by atoms with Gasteiger partial charge in [-0.3, -0.25) is 4.79 Å². The fourth-order valence-corrected chi connectivity index (χ4v) is 1.18. The maximum absolute atomic E-state index is 10.9. The predicted octanol–water partition coefficient (Wildman–Crippen LogP) is 1.26. The summed E-state index contributed by atoms with van der Waals surface area (Å²) in [6.45, 7) is 3.30. The number of nitrogens with zero attached hydrogens (tertiary/aromatic N) is 1. The van der Waals surface area contributed by atoms with Crippen LogP contribution in [-0.4, -0.2) is 28.9 Å². The van der Waals surface area contributed by atoms with Crippen LogP contribution >= 0.6 is 0 Å². The quantitative estimate of drug-likeness (QED) is 0.817. The summed E-state index contributed by atoms with van der Waals surface area (Å²) in [6.07, 6.45) is 0. The number of carboxylic acid groups (broad SMARTS) is 1. The first-order chi connectivity index (χ1) is 6.91. The second kappa shape index (κ2) is 4.16. The van der Waals surface area contributed by atoms with E-state index < -0.39 is 5.97 Å². The topological polar surface area (TPSA) is 70.8 Å². The molecule has 0 fully saturated rings. The lowest BCUT2D eigenvalue weighted by atomic mass is 10.2.